The van der Waals surface area contributed by atoms with E-state index in [1.165, 1.54) is 12.1 Å². The van der Waals surface area contributed by atoms with Crippen LogP contribution >= 0.6 is 0 Å². The minimum atomic E-state index is -0.898. The lowest BCUT2D eigenvalue weighted by Gasteiger charge is -2.24. The summed E-state index contributed by atoms with van der Waals surface area (Å²) in [6, 6.07) is 4.50. The second-order valence-electron chi connectivity index (χ2n) is 4.22. The van der Waals surface area contributed by atoms with Crippen molar-refractivity contribution in [3.05, 3.63) is 24.0 Å². The summed E-state index contributed by atoms with van der Waals surface area (Å²) < 4.78 is 13.3. The van der Waals surface area contributed by atoms with Gasteiger partial charge in [-0.3, -0.25) is 4.79 Å². The van der Waals surface area contributed by atoms with Crippen molar-refractivity contribution in [3.8, 4) is 0 Å². The molecular formula is C12H15FN2O2. The Morgan fingerprint density at radius 2 is 2.18 bits per heavy atom. The fraction of sp³-hybridized carbons (Fsp3) is 0.417. The topological polar surface area (TPSA) is 43.8 Å². The maximum Gasteiger partial charge on any atom is 0.323 e. The molecule has 0 saturated carbocycles. The zero-order valence-electron chi connectivity index (χ0n) is 9.69. The molecule has 1 aliphatic heterocycles. The van der Waals surface area contributed by atoms with E-state index in [0.717, 1.165) is 18.7 Å². The first-order chi connectivity index (χ1) is 8.08. The number of hydrogen-bond acceptors (Lipinski definition) is 3. The van der Waals surface area contributed by atoms with E-state index in [1.807, 2.05) is 11.9 Å². The zero-order chi connectivity index (χ0) is 12.4. The summed E-state index contributed by atoms with van der Waals surface area (Å²) in [5.41, 5.74) is 1.54. The molecule has 0 amide bonds. The highest BCUT2D eigenvalue weighted by molar-refractivity contribution is 5.79. The number of rotatable bonds is 2. The zero-order valence-corrected chi connectivity index (χ0v) is 9.69. The molecule has 17 heavy (non-hydrogen) atoms. The Labute approximate surface area is 99.3 Å². The highest BCUT2D eigenvalue weighted by Gasteiger charge is 2.20. The van der Waals surface area contributed by atoms with Crippen molar-refractivity contribution in [1.29, 1.82) is 0 Å². The van der Waals surface area contributed by atoms with Crippen molar-refractivity contribution in [2.75, 3.05) is 36.5 Å². The van der Waals surface area contributed by atoms with Crippen LogP contribution in [0.5, 0.6) is 0 Å². The summed E-state index contributed by atoms with van der Waals surface area (Å²) in [7, 11) is 1.93. The number of anilines is 2. The van der Waals surface area contributed by atoms with Crippen LogP contribution in [0.2, 0.25) is 0 Å². The molecule has 0 unspecified atom stereocenters. The molecule has 0 aliphatic carbocycles. The molecular weight excluding hydrogens is 223 g/mol. The molecule has 0 atom stereocenters. The number of carbonyl (C=O) groups is 1. The lowest BCUT2D eigenvalue weighted by Crippen LogP contribution is -2.30. The molecule has 1 aromatic rings. The number of carboxylic acids is 1. The molecule has 92 valence electrons. The van der Waals surface area contributed by atoms with Crippen LogP contribution in [0.25, 0.3) is 0 Å². The average Bonchev–Trinajstić information content (AvgIpc) is 2.39. The van der Waals surface area contributed by atoms with Crippen LogP contribution in [0, 0.1) is 5.82 Å². The van der Waals surface area contributed by atoms with Gasteiger partial charge in [0, 0.05) is 20.1 Å². The van der Waals surface area contributed by atoms with Crippen LogP contribution in [0.1, 0.15) is 6.42 Å². The lowest BCUT2D eigenvalue weighted by molar-refractivity contribution is -0.135. The molecule has 1 N–H and O–H groups in total. The normalized spacial score (nSPS) is 15.4. The third kappa shape index (κ3) is 2.49. The minimum Gasteiger partial charge on any atom is -0.480 e. The molecule has 1 aromatic carbocycles. The van der Waals surface area contributed by atoms with Gasteiger partial charge in [0.2, 0.25) is 0 Å². The summed E-state index contributed by atoms with van der Waals surface area (Å²) in [5.74, 6) is -1.24. The van der Waals surface area contributed by atoms with E-state index >= 15 is 0 Å². The largest absolute Gasteiger partial charge is 0.480 e. The van der Waals surface area contributed by atoms with Gasteiger partial charge < -0.3 is 14.9 Å². The second kappa shape index (κ2) is 4.61. The molecule has 1 aliphatic rings. The molecule has 0 spiro atoms. The Balaban J connectivity index is 2.41. The highest BCUT2D eigenvalue weighted by Crippen LogP contribution is 2.31. The van der Waals surface area contributed by atoms with E-state index in [4.69, 9.17) is 5.11 Å². The van der Waals surface area contributed by atoms with E-state index in [-0.39, 0.29) is 12.4 Å². The summed E-state index contributed by atoms with van der Waals surface area (Å²) in [4.78, 5) is 14.5. The number of hydrogen-bond donors (Lipinski definition) is 1. The quantitative estimate of drug-likeness (QED) is 0.849. The number of aliphatic carboxylic acids is 1. The van der Waals surface area contributed by atoms with Crippen LogP contribution in [0.15, 0.2) is 18.2 Å². The fourth-order valence-electron chi connectivity index (χ4n) is 2.14. The number of fused-ring (bicyclic) bond motifs is 1. The Morgan fingerprint density at radius 1 is 1.41 bits per heavy atom. The fourth-order valence-corrected chi connectivity index (χ4v) is 2.14. The molecule has 1 heterocycles. The highest BCUT2D eigenvalue weighted by atomic mass is 19.1. The van der Waals surface area contributed by atoms with Gasteiger partial charge in [0.05, 0.1) is 11.4 Å². The number of benzene rings is 1. The number of nitrogens with zero attached hydrogens (tertiary/aromatic N) is 2. The number of halogens is 1. The first kappa shape index (κ1) is 11.7. The van der Waals surface area contributed by atoms with Crippen molar-refractivity contribution in [2.24, 2.45) is 0 Å². The SMILES string of the molecule is CN1CCCN(CC(=O)O)c2cc(F)ccc21. The standard InChI is InChI=1S/C12H15FN2O2/c1-14-5-2-6-15(8-12(16)17)11-7-9(13)3-4-10(11)14/h3-4,7H,2,5-6,8H2,1H3,(H,16,17). The van der Waals surface area contributed by atoms with Gasteiger partial charge in [0.15, 0.2) is 0 Å². The smallest absolute Gasteiger partial charge is 0.323 e. The maximum absolute atomic E-state index is 13.3. The van der Waals surface area contributed by atoms with Crippen LogP contribution in [0.3, 0.4) is 0 Å². The molecule has 0 radical (unpaired) electrons. The van der Waals surface area contributed by atoms with Crippen molar-refractivity contribution in [1.82, 2.24) is 0 Å². The van der Waals surface area contributed by atoms with Crippen LogP contribution < -0.4 is 9.80 Å². The van der Waals surface area contributed by atoms with Crippen LogP contribution in [-0.2, 0) is 4.79 Å². The van der Waals surface area contributed by atoms with Crippen molar-refractivity contribution >= 4 is 17.3 Å². The molecule has 0 aromatic heterocycles. The Kier molecular flexibility index (Phi) is 3.17. The first-order valence-electron chi connectivity index (χ1n) is 5.55. The van der Waals surface area contributed by atoms with Crippen molar-refractivity contribution in [3.63, 3.8) is 0 Å². The Hall–Kier alpha value is -1.78. The van der Waals surface area contributed by atoms with Crippen molar-refractivity contribution < 1.29 is 14.3 Å². The number of carboxylic acid groups (broad SMARTS) is 1. The lowest BCUT2D eigenvalue weighted by atomic mass is 10.2. The third-order valence-electron chi connectivity index (χ3n) is 2.94. The third-order valence-corrected chi connectivity index (χ3v) is 2.94. The Bertz CT molecular complexity index is 437. The monoisotopic (exact) mass is 238 g/mol. The van der Waals surface area contributed by atoms with Gasteiger partial charge in [-0.05, 0) is 24.6 Å². The molecule has 4 nitrogen and oxygen atoms in total. The predicted octanol–water partition coefficient (Wildman–Crippen LogP) is 1.56. The Morgan fingerprint density at radius 3 is 2.88 bits per heavy atom. The molecule has 0 fully saturated rings. The van der Waals surface area contributed by atoms with Gasteiger partial charge in [-0.25, -0.2) is 4.39 Å². The van der Waals surface area contributed by atoms with Gasteiger partial charge in [-0.1, -0.05) is 0 Å². The van der Waals surface area contributed by atoms with E-state index in [0.29, 0.717) is 12.2 Å². The molecule has 0 bridgehead atoms. The molecule has 0 saturated heterocycles. The summed E-state index contributed by atoms with van der Waals surface area (Å²) in [6.07, 6.45) is 0.861. The van der Waals surface area contributed by atoms with E-state index in [2.05, 4.69) is 0 Å². The van der Waals surface area contributed by atoms with Crippen LogP contribution in [0.4, 0.5) is 15.8 Å². The minimum absolute atomic E-state index is 0.0930. The molecule has 2 rings (SSSR count). The van der Waals surface area contributed by atoms with E-state index < -0.39 is 5.97 Å². The van der Waals surface area contributed by atoms with Crippen molar-refractivity contribution in [2.45, 2.75) is 6.42 Å². The van der Waals surface area contributed by atoms with Gasteiger partial charge in [-0.2, -0.15) is 0 Å². The van der Waals surface area contributed by atoms with E-state index in [9.17, 15) is 9.18 Å². The predicted molar refractivity (Wildman–Crippen MR) is 64.1 cm³/mol. The van der Waals surface area contributed by atoms with Gasteiger partial charge in [-0.15, -0.1) is 0 Å². The maximum atomic E-state index is 13.3. The van der Waals surface area contributed by atoms with Gasteiger partial charge in [0.1, 0.15) is 12.4 Å². The molecule has 5 heteroatoms. The van der Waals surface area contributed by atoms with Gasteiger partial charge >= 0.3 is 5.97 Å². The van der Waals surface area contributed by atoms with Crippen LogP contribution in [-0.4, -0.2) is 37.8 Å². The summed E-state index contributed by atoms with van der Waals surface area (Å²) in [6.45, 7) is 1.38. The summed E-state index contributed by atoms with van der Waals surface area (Å²) in [5, 5.41) is 8.87. The summed E-state index contributed by atoms with van der Waals surface area (Å²) >= 11 is 0. The van der Waals surface area contributed by atoms with Gasteiger partial charge in [0.25, 0.3) is 0 Å². The van der Waals surface area contributed by atoms with E-state index in [1.54, 1.807) is 11.0 Å². The average molecular weight is 238 g/mol. The first-order valence-corrected chi connectivity index (χ1v) is 5.55. The second-order valence-corrected chi connectivity index (χ2v) is 4.22.